The lowest BCUT2D eigenvalue weighted by Crippen LogP contribution is -2.35. The maximum absolute atomic E-state index is 13.6. The van der Waals surface area contributed by atoms with E-state index in [1.807, 2.05) is 17.5 Å². The predicted molar refractivity (Wildman–Crippen MR) is 82.5 cm³/mol. The lowest BCUT2D eigenvalue weighted by atomic mass is 10.2. The van der Waals surface area contributed by atoms with Crippen LogP contribution in [0.4, 0.5) is 4.39 Å². The highest BCUT2D eigenvalue weighted by Crippen LogP contribution is 2.16. The van der Waals surface area contributed by atoms with Crippen LogP contribution in [0.2, 0.25) is 5.02 Å². The van der Waals surface area contributed by atoms with E-state index in [1.165, 1.54) is 30.4 Å². The summed E-state index contributed by atoms with van der Waals surface area (Å²) in [5.41, 5.74) is -0.262. The molecule has 7 heteroatoms. The van der Waals surface area contributed by atoms with Gasteiger partial charge < -0.3 is 10.1 Å². The van der Waals surface area contributed by atoms with Crippen molar-refractivity contribution in [1.29, 1.82) is 0 Å². The summed E-state index contributed by atoms with van der Waals surface area (Å²) < 4.78 is 18.6. The lowest BCUT2D eigenvalue weighted by molar-refractivity contribution is -0.129. The average molecular weight is 342 g/mol. The number of esters is 1. The summed E-state index contributed by atoms with van der Waals surface area (Å²) in [6, 6.07) is 7.36. The highest BCUT2D eigenvalue weighted by atomic mass is 35.5. The van der Waals surface area contributed by atoms with Gasteiger partial charge in [-0.1, -0.05) is 17.7 Å². The molecular weight excluding hydrogens is 329 g/mol. The average Bonchev–Trinajstić information content (AvgIpc) is 2.97. The van der Waals surface area contributed by atoms with Gasteiger partial charge in [0, 0.05) is 9.90 Å². The van der Waals surface area contributed by atoms with Crippen molar-refractivity contribution in [3.8, 4) is 0 Å². The van der Waals surface area contributed by atoms with Crippen molar-refractivity contribution in [2.24, 2.45) is 0 Å². The van der Waals surface area contributed by atoms with Gasteiger partial charge in [-0.25, -0.2) is 9.18 Å². The molecule has 2 rings (SSSR count). The van der Waals surface area contributed by atoms with E-state index in [1.54, 1.807) is 0 Å². The minimum absolute atomic E-state index is 0.177. The van der Waals surface area contributed by atoms with Crippen LogP contribution in [0.15, 0.2) is 35.7 Å². The van der Waals surface area contributed by atoms with Gasteiger partial charge in [0.05, 0.1) is 12.1 Å². The van der Waals surface area contributed by atoms with E-state index in [0.29, 0.717) is 6.54 Å². The first-order valence-electron chi connectivity index (χ1n) is 6.43. The molecule has 0 saturated carbocycles. The number of thiophene rings is 1. The number of carbonyl (C=O) groups excluding carboxylic acids is 2. The molecule has 0 radical (unpaired) electrons. The second-order valence-corrected chi connectivity index (χ2v) is 5.94. The van der Waals surface area contributed by atoms with E-state index in [9.17, 15) is 14.0 Å². The molecule has 22 heavy (non-hydrogen) atoms. The zero-order chi connectivity index (χ0) is 16.1. The number of amides is 1. The molecule has 0 unspecified atom stereocenters. The quantitative estimate of drug-likeness (QED) is 0.848. The standard InChI is InChI=1S/C15H13ClFNO3S/c1-9(14(19)18-8-11-3-2-6-22-11)21-15(20)12-5-4-10(16)7-13(12)17/h2-7,9H,8H2,1H3,(H,18,19)/t9-/m0/s1. The van der Waals surface area contributed by atoms with E-state index in [2.05, 4.69) is 5.32 Å². The first kappa shape index (κ1) is 16.5. The molecule has 0 saturated heterocycles. The Bertz CT molecular complexity index is 675. The Morgan fingerprint density at radius 3 is 2.82 bits per heavy atom. The van der Waals surface area contributed by atoms with Crippen LogP contribution in [0.25, 0.3) is 0 Å². The molecule has 2 aromatic rings. The summed E-state index contributed by atoms with van der Waals surface area (Å²) >= 11 is 7.12. The van der Waals surface area contributed by atoms with Crippen molar-refractivity contribution in [3.05, 3.63) is 57.0 Å². The molecule has 0 aliphatic heterocycles. The van der Waals surface area contributed by atoms with Crippen molar-refractivity contribution in [2.45, 2.75) is 19.6 Å². The molecule has 1 N–H and O–H groups in total. The van der Waals surface area contributed by atoms with Crippen LogP contribution in [-0.2, 0) is 16.1 Å². The fraction of sp³-hybridized carbons (Fsp3) is 0.200. The van der Waals surface area contributed by atoms with Crippen LogP contribution >= 0.6 is 22.9 Å². The first-order valence-corrected chi connectivity index (χ1v) is 7.69. The third kappa shape index (κ3) is 4.29. The fourth-order valence-electron chi connectivity index (χ4n) is 1.66. The predicted octanol–water partition coefficient (Wildman–Crippen LogP) is 3.40. The van der Waals surface area contributed by atoms with Crippen LogP contribution in [0.3, 0.4) is 0 Å². The summed E-state index contributed by atoms with van der Waals surface area (Å²) in [5, 5.41) is 4.72. The molecule has 0 aliphatic rings. The molecule has 0 fully saturated rings. The van der Waals surface area contributed by atoms with Gasteiger partial charge in [0.1, 0.15) is 5.82 Å². The molecular formula is C15H13ClFNO3S. The van der Waals surface area contributed by atoms with Crippen LogP contribution in [0.1, 0.15) is 22.2 Å². The Kier molecular flexibility index (Phi) is 5.51. The lowest BCUT2D eigenvalue weighted by Gasteiger charge is -2.13. The van der Waals surface area contributed by atoms with Crippen molar-refractivity contribution >= 4 is 34.8 Å². The van der Waals surface area contributed by atoms with Gasteiger partial charge in [-0.05, 0) is 36.6 Å². The molecule has 4 nitrogen and oxygen atoms in total. The molecule has 1 heterocycles. The molecule has 116 valence electrons. The van der Waals surface area contributed by atoms with Crippen molar-refractivity contribution in [3.63, 3.8) is 0 Å². The van der Waals surface area contributed by atoms with E-state index >= 15 is 0 Å². The smallest absolute Gasteiger partial charge is 0.341 e. The van der Waals surface area contributed by atoms with Gasteiger partial charge in [-0.3, -0.25) is 4.79 Å². The molecule has 1 amide bonds. The summed E-state index contributed by atoms with van der Waals surface area (Å²) in [6.45, 7) is 1.78. The Hall–Kier alpha value is -1.92. The molecule has 1 aromatic heterocycles. The van der Waals surface area contributed by atoms with Crippen LogP contribution in [-0.4, -0.2) is 18.0 Å². The monoisotopic (exact) mass is 341 g/mol. The highest BCUT2D eigenvalue weighted by molar-refractivity contribution is 7.09. The molecule has 0 spiro atoms. The van der Waals surface area contributed by atoms with Gasteiger partial charge in [0.15, 0.2) is 6.10 Å². The van der Waals surface area contributed by atoms with Crippen LogP contribution in [0, 0.1) is 5.82 Å². The van der Waals surface area contributed by atoms with E-state index in [0.717, 1.165) is 10.9 Å². The van der Waals surface area contributed by atoms with Gasteiger partial charge in [-0.15, -0.1) is 11.3 Å². The van der Waals surface area contributed by atoms with Crippen molar-refractivity contribution in [2.75, 3.05) is 0 Å². The van der Waals surface area contributed by atoms with E-state index < -0.39 is 23.8 Å². The first-order chi connectivity index (χ1) is 10.5. The Morgan fingerprint density at radius 1 is 1.41 bits per heavy atom. The van der Waals surface area contributed by atoms with Crippen molar-refractivity contribution < 1.29 is 18.7 Å². The summed E-state index contributed by atoms with van der Waals surface area (Å²) in [4.78, 5) is 24.7. The number of ether oxygens (including phenoxy) is 1. The largest absolute Gasteiger partial charge is 0.449 e. The molecule has 1 aromatic carbocycles. The molecule has 1 atom stereocenters. The SMILES string of the molecule is C[C@H](OC(=O)c1ccc(Cl)cc1F)C(=O)NCc1cccs1. The number of nitrogens with one attached hydrogen (secondary N) is 1. The maximum Gasteiger partial charge on any atom is 0.341 e. The second-order valence-electron chi connectivity index (χ2n) is 4.47. The number of benzene rings is 1. The normalized spacial score (nSPS) is 11.8. The third-order valence-corrected chi connectivity index (χ3v) is 3.93. The topological polar surface area (TPSA) is 55.4 Å². The number of hydrogen-bond acceptors (Lipinski definition) is 4. The second kappa shape index (κ2) is 7.38. The van der Waals surface area contributed by atoms with Gasteiger partial charge in [-0.2, -0.15) is 0 Å². The summed E-state index contributed by atoms with van der Waals surface area (Å²) in [6.07, 6.45) is -1.03. The van der Waals surface area contributed by atoms with Crippen LogP contribution < -0.4 is 5.32 Å². The minimum atomic E-state index is -1.03. The molecule has 0 aliphatic carbocycles. The number of hydrogen-bond donors (Lipinski definition) is 1. The van der Waals surface area contributed by atoms with E-state index in [-0.39, 0.29) is 10.6 Å². The van der Waals surface area contributed by atoms with Gasteiger partial charge in [0.25, 0.3) is 5.91 Å². The summed E-state index contributed by atoms with van der Waals surface area (Å²) in [5.74, 6) is -2.15. The van der Waals surface area contributed by atoms with E-state index in [4.69, 9.17) is 16.3 Å². The third-order valence-electron chi connectivity index (χ3n) is 2.82. The number of carbonyl (C=O) groups is 2. The Labute approximate surface area is 135 Å². The number of rotatable bonds is 5. The maximum atomic E-state index is 13.6. The summed E-state index contributed by atoms with van der Waals surface area (Å²) in [7, 11) is 0. The zero-order valence-electron chi connectivity index (χ0n) is 11.6. The Balaban J connectivity index is 1.91. The highest BCUT2D eigenvalue weighted by Gasteiger charge is 2.21. The number of halogens is 2. The minimum Gasteiger partial charge on any atom is -0.449 e. The molecule has 0 bridgehead atoms. The Morgan fingerprint density at radius 2 is 2.18 bits per heavy atom. The zero-order valence-corrected chi connectivity index (χ0v) is 13.2. The van der Waals surface area contributed by atoms with Gasteiger partial charge in [0.2, 0.25) is 0 Å². The fourth-order valence-corrected chi connectivity index (χ4v) is 2.47. The van der Waals surface area contributed by atoms with Crippen LogP contribution in [0.5, 0.6) is 0 Å². The van der Waals surface area contributed by atoms with Gasteiger partial charge >= 0.3 is 5.97 Å². The van der Waals surface area contributed by atoms with Crippen molar-refractivity contribution in [1.82, 2.24) is 5.32 Å².